The summed E-state index contributed by atoms with van der Waals surface area (Å²) in [6.45, 7) is 4.10. The van der Waals surface area contributed by atoms with Gasteiger partial charge in [-0.05, 0) is 29.2 Å². The van der Waals surface area contributed by atoms with Crippen molar-refractivity contribution in [3.8, 4) is 0 Å². The fourth-order valence-electron chi connectivity index (χ4n) is 4.23. The molecule has 0 atom stereocenters. The van der Waals surface area contributed by atoms with Gasteiger partial charge in [-0.2, -0.15) is 5.10 Å². The van der Waals surface area contributed by atoms with Crippen LogP contribution in [0.3, 0.4) is 0 Å². The molecular formula is C23H25N5O. The van der Waals surface area contributed by atoms with E-state index in [2.05, 4.69) is 74.3 Å². The summed E-state index contributed by atoms with van der Waals surface area (Å²) in [6, 6.07) is 17.1. The van der Waals surface area contributed by atoms with Gasteiger partial charge in [0, 0.05) is 56.1 Å². The number of H-pyrrole nitrogens is 1. The molecule has 3 aromatic rings. The van der Waals surface area contributed by atoms with Crippen molar-refractivity contribution in [2.75, 3.05) is 18.0 Å². The number of aromatic amines is 1. The third kappa shape index (κ3) is 3.63. The Labute approximate surface area is 170 Å². The maximum atomic E-state index is 12.5. The van der Waals surface area contributed by atoms with Gasteiger partial charge < -0.3 is 15.5 Å². The van der Waals surface area contributed by atoms with Crippen LogP contribution in [0, 0.1) is 0 Å². The fourth-order valence-corrected chi connectivity index (χ4v) is 4.23. The Morgan fingerprint density at radius 3 is 2.79 bits per heavy atom. The number of amides is 1. The van der Waals surface area contributed by atoms with Gasteiger partial charge in [0.2, 0.25) is 0 Å². The highest BCUT2D eigenvalue weighted by molar-refractivity contribution is 5.94. The lowest BCUT2D eigenvalue weighted by Gasteiger charge is -2.19. The number of nitrogens with zero attached hydrogens (tertiary/aromatic N) is 2. The van der Waals surface area contributed by atoms with Crippen LogP contribution in [0.4, 0.5) is 5.69 Å². The van der Waals surface area contributed by atoms with Crippen molar-refractivity contribution in [1.82, 2.24) is 20.8 Å². The first-order valence-electron chi connectivity index (χ1n) is 10.2. The SMILES string of the molecule is O=C(NCc1ccc(CN2CCc3ccccc32)cc1)c1n[nH]c2c1CNCC2. The molecule has 6 heteroatoms. The molecule has 0 unspecified atom stereocenters. The molecule has 1 aromatic heterocycles. The quantitative estimate of drug-likeness (QED) is 0.629. The number of benzene rings is 2. The molecule has 2 aliphatic rings. The largest absolute Gasteiger partial charge is 0.367 e. The van der Waals surface area contributed by atoms with Crippen LogP contribution < -0.4 is 15.5 Å². The molecule has 0 bridgehead atoms. The highest BCUT2D eigenvalue weighted by Gasteiger charge is 2.21. The summed E-state index contributed by atoms with van der Waals surface area (Å²) in [5.74, 6) is -0.121. The molecule has 0 aliphatic carbocycles. The summed E-state index contributed by atoms with van der Waals surface area (Å²) < 4.78 is 0. The second-order valence-electron chi connectivity index (χ2n) is 7.76. The van der Waals surface area contributed by atoms with Crippen LogP contribution in [-0.4, -0.2) is 29.2 Å². The Morgan fingerprint density at radius 1 is 1.07 bits per heavy atom. The zero-order valence-corrected chi connectivity index (χ0v) is 16.4. The maximum absolute atomic E-state index is 12.5. The monoisotopic (exact) mass is 387 g/mol. The van der Waals surface area contributed by atoms with E-state index in [-0.39, 0.29) is 5.91 Å². The highest BCUT2D eigenvalue weighted by Crippen LogP contribution is 2.28. The van der Waals surface area contributed by atoms with Gasteiger partial charge in [-0.25, -0.2) is 0 Å². The van der Waals surface area contributed by atoms with Crippen LogP contribution in [0.5, 0.6) is 0 Å². The number of fused-ring (bicyclic) bond motifs is 2. The molecule has 5 rings (SSSR count). The number of para-hydroxylation sites is 1. The maximum Gasteiger partial charge on any atom is 0.272 e. The van der Waals surface area contributed by atoms with E-state index >= 15 is 0 Å². The average Bonchev–Trinajstić information content (AvgIpc) is 3.38. The smallest absolute Gasteiger partial charge is 0.272 e. The van der Waals surface area contributed by atoms with E-state index in [1.54, 1.807) is 0 Å². The first-order chi connectivity index (χ1) is 14.3. The zero-order valence-electron chi connectivity index (χ0n) is 16.4. The van der Waals surface area contributed by atoms with Crippen molar-refractivity contribution < 1.29 is 4.79 Å². The van der Waals surface area contributed by atoms with Crippen LogP contribution in [0.25, 0.3) is 0 Å². The van der Waals surface area contributed by atoms with E-state index in [1.807, 2.05) is 0 Å². The molecular weight excluding hydrogens is 362 g/mol. The van der Waals surface area contributed by atoms with E-state index in [0.717, 1.165) is 49.3 Å². The van der Waals surface area contributed by atoms with Crippen molar-refractivity contribution in [3.63, 3.8) is 0 Å². The van der Waals surface area contributed by atoms with Gasteiger partial charge in [0.15, 0.2) is 5.69 Å². The molecule has 0 saturated carbocycles. The van der Waals surface area contributed by atoms with Gasteiger partial charge in [0.05, 0.1) is 0 Å². The molecule has 3 heterocycles. The van der Waals surface area contributed by atoms with Gasteiger partial charge >= 0.3 is 0 Å². The number of anilines is 1. The number of carbonyl (C=O) groups excluding carboxylic acids is 1. The number of hydrogen-bond donors (Lipinski definition) is 3. The van der Waals surface area contributed by atoms with Gasteiger partial charge in [0.25, 0.3) is 5.91 Å². The number of nitrogens with one attached hydrogen (secondary N) is 3. The fraction of sp³-hybridized carbons (Fsp3) is 0.304. The topological polar surface area (TPSA) is 73.0 Å². The van der Waals surface area contributed by atoms with E-state index in [4.69, 9.17) is 0 Å². The molecule has 2 aromatic carbocycles. The Kier molecular flexibility index (Phi) is 4.77. The normalized spacial score (nSPS) is 15.1. The van der Waals surface area contributed by atoms with Crippen molar-refractivity contribution >= 4 is 11.6 Å². The zero-order chi connectivity index (χ0) is 19.6. The summed E-state index contributed by atoms with van der Waals surface area (Å²) in [6.07, 6.45) is 2.01. The number of aromatic nitrogens is 2. The summed E-state index contributed by atoms with van der Waals surface area (Å²) in [4.78, 5) is 15.0. The summed E-state index contributed by atoms with van der Waals surface area (Å²) in [7, 11) is 0. The lowest BCUT2D eigenvalue weighted by Crippen LogP contribution is -2.28. The number of hydrogen-bond acceptors (Lipinski definition) is 4. The molecule has 3 N–H and O–H groups in total. The Morgan fingerprint density at radius 2 is 1.90 bits per heavy atom. The minimum absolute atomic E-state index is 0.121. The third-order valence-electron chi connectivity index (χ3n) is 5.85. The van der Waals surface area contributed by atoms with Crippen molar-refractivity contribution in [2.45, 2.75) is 32.5 Å². The lowest BCUT2D eigenvalue weighted by atomic mass is 10.1. The molecule has 0 radical (unpaired) electrons. The van der Waals surface area contributed by atoms with Crippen LogP contribution in [-0.2, 0) is 32.5 Å². The van der Waals surface area contributed by atoms with Gasteiger partial charge in [-0.3, -0.25) is 9.89 Å². The molecule has 0 saturated heterocycles. The standard InChI is InChI=1S/C23H25N5O/c29-23(22-19-14-24-11-9-20(19)26-27-22)25-13-16-5-7-17(8-6-16)15-28-12-10-18-3-1-2-4-21(18)28/h1-8,24H,9-15H2,(H,25,29)(H,26,27). The van der Waals surface area contributed by atoms with Crippen molar-refractivity contribution in [2.24, 2.45) is 0 Å². The first-order valence-corrected chi connectivity index (χ1v) is 10.2. The predicted octanol–water partition coefficient (Wildman–Crippen LogP) is 2.55. The first kappa shape index (κ1) is 17.9. The molecule has 0 spiro atoms. The molecule has 6 nitrogen and oxygen atoms in total. The van der Waals surface area contributed by atoms with Crippen LogP contribution in [0.15, 0.2) is 48.5 Å². The van der Waals surface area contributed by atoms with E-state index in [9.17, 15) is 4.79 Å². The van der Waals surface area contributed by atoms with Crippen LogP contribution >= 0.6 is 0 Å². The summed E-state index contributed by atoms with van der Waals surface area (Å²) >= 11 is 0. The van der Waals surface area contributed by atoms with Crippen LogP contribution in [0.2, 0.25) is 0 Å². The minimum atomic E-state index is -0.121. The lowest BCUT2D eigenvalue weighted by molar-refractivity contribution is 0.0944. The van der Waals surface area contributed by atoms with Crippen molar-refractivity contribution in [3.05, 3.63) is 82.2 Å². The summed E-state index contributed by atoms with van der Waals surface area (Å²) in [5.41, 5.74) is 7.73. The van der Waals surface area contributed by atoms with E-state index < -0.39 is 0 Å². The average molecular weight is 387 g/mol. The minimum Gasteiger partial charge on any atom is -0.367 e. The molecule has 2 aliphatic heterocycles. The van der Waals surface area contributed by atoms with Gasteiger partial charge in [-0.1, -0.05) is 42.5 Å². The van der Waals surface area contributed by atoms with Gasteiger partial charge in [0.1, 0.15) is 0 Å². The second-order valence-corrected chi connectivity index (χ2v) is 7.76. The van der Waals surface area contributed by atoms with E-state index in [0.29, 0.717) is 18.8 Å². The van der Waals surface area contributed by atoms with Crippen molar-refractivity contribution in [1.29, 1.82) is 0 Å². The highest BCUT2D eigenvalue weighted by atomic mass is 16.1. The predicted molar refractivity (Wildman–Crippen MR) is 113 cm³/mol. The summed E-state index contributed by atoms with van der Waals surface area (Å²) in [5, 5.41) is 13.5. The molecule has 0 fully saturated rings. The Hall–Kier alpha value is -3.12. The number of rotatable bonds is 5. The third-order valence-corrected chi connectivity index (χ3v) is 5.85. The van der Waals surface area contributed by atoms with Crippen LogP contribution in [0.1, 0.15) is 38.4 Å². The molecule has 29 heavy (non-hydrogen) atoms. The second kappa shape index (κ2) is 7.72. The Balaban J connectivity index is 1.19. The van der Waals surface area contributed by atoms with E-state index in [1.165, 1.54) is 16.8 Å². The molecule has 1 amide bonds. The Bertz CT molecular complexity index is 1020. The van der Waals surface area contributed by atoms with Gasteiger partial charge in [-0.15, -0.1) is 0 Å². The molecule has 148 valence electrons. The number of carbonyl (C=O) groups is 1.